The van der Waals surface area contributed by atoms with Crippen molar-refractivity contribution in [2.75, 3.05) is 18.8 Å². The van der Waals surface area contributed by atoms with Gasteiger partial charge in [-0.1, -0.05) is 24.3 Å². The number of amides is 2. The van der Waals surface area contributed by atoms with Crippen molar-refractivity contribution in [2.24, 2.45) is 0 Å². The van der Waals surface area contributed by atoms with Gasteiger partial charge in [-0.2, -0.15) is 0 Å². The summed E-state index contributed by atoms with van der Waals surface area (Å²) in [7, 11) is 0. The van der Waals surface area contributed by atoms with Gasteiger partial charge in [-0.05, 0) is 45.2 Å². The third-order valence-corrected chi connectivity index (χ3v) is 6.87. The summed E-state index contributed by atoms with van der Waals surface area (Å²) in [6, 6.07) is 8.12. The first kappa shape index (κ1) is 19.2. The van der Waals surface area contributed by atoms with Crippen LogP contribution in [-0.2, 0) is 22.6 Å². The lowest BCUT2D eigenvalue weighted by molar-refractivity contribution is -0.130. The van der Waals surface area contributed by atoms with E-state index in [9.17, 15) is 9.59 Å². The lowest BCUT2D eigenvalue weighted by Crippen LogP contribution is -2.59. The van der Waals surface area contributed by atoms with Crippen LogP contribution in [0, 0.1) is 0 Å². The molecule has 0 aliphatic carbocycles. The van der Waals surface area contributed by atoms with Crippen LogP contribution >= 0.6 is 11.8 Å². The number of carbonyl (C=O) groups excluding carboxylic acids is 2. The predicted octanol–water partition coefficient (Wildman–Crippen LogP) is 1.95. The van der Waals surface area contributed by atoms with Crippen molar-refractivity contribution in [1.29, 1.82) is 0 Å². The first-order valence-electron chi connectivity index (χ1n) is 9.23. The van der Waals surface area contributed by atoms with Gasteiger partial charge in [0.2, 0.25) is 11.8 Å². The van der Waals surface area contributed by atoms with E-state index in [1.165, 1.54) is 22.9 Å². The molecule has 1 saturated heterocycles. The summed E-state index contributed by atoms with van der Waals surface area (Å²) in [6.45, 7) is 10.6. The minimum Gasteiger partial charge on any atom is -0.352 e. The van der Waals surface area contributed by atoms with Crippen LogP contribution in [-0.4, -0.2) is 51.9 Å². The van der Waals surface area contributed by atoms with E-state index in [0.29, 0.717) is 12.3 Å². The second-order valence-electron chi connectivity index (χ2n) is 8.32. The third kappa shape index (κ3) is 4.07. The van der Waals surface area contributed by atoms with E-state index in [1.807, 2.05) is 13.8 Å². The molecule has 0 aromatic heterocycles. The van der Waals surface area contributed by atoms with E-state index < -0.39 is 10.8 Å². The highest BCUT2D eigenvalue weighted by Gasteiger charge is 2.38. The second kappa shape index (κ2) is 7.24. The highest BCUT2D eigenvalue weighted by Crippen LogP contribution is 2.29. The van der Waals surface area contributed by atoms with Gasteiger partial charge in [0, 0.05) is 30.9 Å². The van der Waals surface area contributed by atoms with Crippen molar-refractivity contribution in [3.8, 4) is 0 Å². The first-order chi connectivity index (χ1) is 12.2. The molecule has 1 atom stereocenters. The van der Waals surface area contributed by atoms with Crippen LogP contribution in [0.15, 0.2) is 24.3 Å². The number of thioether (sulfide) groups is 1. The maximum atomic E-state index is 12.5. The maximum absolute atomic E-state index is 12.5. The number of fused-ring (bicyclic) bond motifs is 1. The summed E-state index contributed by atoms with van der Waals surface area (Å²) in [5, 5.41) is 5.90. The molecule has 2 aliphatic heterocycles. The summed E-state index contributed by atoms with van der Waals surface area (Å²) >= 11 is 1.54. The number of hydrogen-bond donors (Lipinski definition) is 2. The topological polar surface area (TPSA) is 61.4 Å². The molecule has 3 rings (SSSR count). The molecule has 6 heteroatoms. The standard InChI is InChI=1S/C20H29N3O2S/c1-19(2,23-10-9-14-7-5-6-8-15(14)11-23)13-21-17(24)16-12-26-20(3,4)18(25)22-16/h5-8,16H,9-13H2,1-4H3,(H,21,24)(H,22,25)/t16-/m0/s1. The normalized spacial score (nSPS) is 23.1. The average Bonchev–Trinajstić information content (AvgIpc) is 2.61. The van der Waals surface area contributed by atoms with Gasteiger partial charge < -0.3 is 10.6 Å². The van der Waals surface area contributed by atoms with Crippen molar-refractivity contribution >= 4 is 23.6 Å². The summed E-state index contributed by atoms with van der Waals surface area (Å²) in [5.41, 5.74) is 2.65. The van der Waals surface area contributed by atoms with Gasteiger partial charge in [0.1, 0.15) is 6.04 Å². The monoisotopic (exact) mass is 375 g/mol. The van der Waals surface area contributed by atoms with Gasteiger partial charge in [-0.3, -0.25) is 14.5 Å². The Hall–Kier alpha value is -1.53. The Morgan fingerprint density at radius 3 is 2.73 bits per heavy atom. The smallest absolute Gasteiger partial charge is 0.243 e. The van der Waals surface area contributed by atoms with Crippen LogP contribution in [0.5, 0.6) is 0 Å². The minimum atomic E-state index is -0.461. The quantitative estimate of drug-likeness (QED) is 0.844. The molecule has 1 aromatic carbocycles. The molecule has 2 heterocycles. The molecule has 0 saturated carbocycles. The molecule has 2 aliphatic rings. The zero-order valence-electron chi connectivity index (χ0n) is 16.1. The lowest BCUT2D eigenvalue weighted by atomic mass is 9.94. The number of rotatable bonds is 4. The summed E-state index contributed by atoms with van der Waals surface area (Å²) < 4.78 is -0.461. The number of hydrogen-bond acceptors (Lipinski definition) is 4. The molecule has 142 valence electrons. The zero-order chi connectivity index (χ0) is 18.9. The average molecular weight is 376 g/mol. The zero-order valence-corrected chi connectivity index (χ0v) is 16.9. The Labute approximate surface area is 160 Å². The van der Waals surface area contributed by atoms with Gasteiger partial charge in [-0.25, -0.2) is 0 Å². The van der Waals surface area contributed by atoms with Crippen molar-refractivity contribution in [3.63, 3.8) is 0 Å². The van der Waals surface area contributed by atoms with Crippen LogP contribution in [0.4, 0.5) is 0 Å². The summed E-state index contributed by atoms with van der Waals surface area (Å²) in [5.74, 6) is 0.454. The predicted molar refractivity (Wildman–Crippen MR) is 106 cm³/mol. The number of nitrogens with zero attached hydrogens (tertiary/aromatic N) is 1. The fraction of sp³-hybridized carbons (Fsp3) is 0.600. The van der Waals surface area contributed by atoms with Crippen LogP contribution in [0.1, 0.15) is 38.8 Å². The summed E-state index contributed by atoms with van der Waals surface area (Å²) in [6.07, 6.45) is 1.04. The second-order valence-corrected chi connectivity index (χ2v) is 9.96. The molecule has 0 spiro atoms. The fourth-order valence-electron chi connectivity index (χ4n) is 3.42. The molecule has 1 fully saturated rings. The van der Waals surface area contributed by atoms with E-state index in [-0.39, 0.29) is 17.4 Å². The fourth-order valence-corrected chi connectivity index (χ4v) is 4.43. The van der Waals surface area contributed by atoms with Crippen LogP contribution in [0.2, 0.25) is 0 Å². The lowest BCUT2D eigenvalue weighted by Gasteiger charge is -2.42. The Balaban J connectivity index is 1.55. The molecule has 1 aromatic rings. The van der Waals surface area contributed by atoms with E-state index in [1.54, 1.807) is 0 Å². The Morgan fingerprint density at radius 2 is 2.04 bits per heavy atom. The van der Waals surface area contributed by atoms with Gasteiger partial charge in [0.05, 0.1) is 4.75 Å². The van der Waals surface area contributed by atoms with Crippen molar-refractivity contribution in [1.82, 2.24) is 15.5 Å². The number of nitrogens with one attached hydrogen (secondary N) is 2. The van der Waals surface area contributed by atoms with Gasteiger partial charge in [0.25, 0.3) is 0 Å². The molecule has 2 amide bonds. The van der Waals surface area contributed by atoms with E-state index >= 15 is 0 Å². The Kier molecular flexibility index (Phi) is 5.35. The number of carbonyl (C=O) groups is 2. The molecule has 0 unspecified atom stereocenters. The molecule has 2 N–H and O–H groups in total. The van der Waals surface area contributed by atoms with E-state index in [0.717, 1.165) is 19.5 Å². The molecular formula is C20H29N3O2S. The van der Waals surface area contributed by atoms with Crippen LogP contribution < -0.4 is 10.6 Å². The number of benzene rings is 1. The Morgan fingerprint density at radius 1 is 1.35 bits per heavy atom. The van der Waals surface area contributed by atoms with Crippen molar-refractivity contribution in [3.05, 3.63) is 35.4 Å². The van der Waals surface area contributed by atoms with Crippen molar-refractivity contribution in [2.45, 2.75) is 57.0 Å². The maximum Gasteiger partial charge on any atom is 0.243 e. The third-order valence-electron chi connectivity index (χ3n) is 5.46. The van der Waals surface area contributed by atoms with Gasteiger partial charge in [-0.15, -0.1) is 11.8 Å². The summed E-state index contributed by atoms with van der Waals surface area (Å²) in [4.78, 5) is 27.0. The van der Waals surface area contributed by atoms with Crippen molar-refractivity contribution < 1.29 is 9.59 Å². The molecule has 26 heavy (non-hydrogen) atoms. The molecule has 0 radical (unpaired) electrons. The van der Waals surface area contributed by atoms with Crippen LogP contribution in [0.3, 0.4) is 0 Å². The highest BCUT2D eigenvalue weighted by molar-refractivity contribution is 8.01. The van der Waals surface area contributed by atoms with E-state index in [4.69, 9.17) is 0 Å². The van der Waals surface area contributed by atoms with E-state index in [2.05, 4.69) is 53.6 Å². The van der Waals surface area contributed by atoms with Crippen LogP contribution in [0.25, 0.3) is 0 Å². The van der Waals surface area contributed by atoms with Gasteiger partial charge in [0.15, 0.2) is 0 Å². The van der Waals surface area contributed by atoms with Gasteiger partial charge >= 0.3 is 0 Å². The largest absolute Gasteiger partial charge is 0.352 e. The highest BCUT2D eigenvalue weighted by atomic mass is 32.2. The molecule has 0 bridgehead atoms. The Bertz CT molecular complexity index is 702. The first-order valence-corrected chi connectivity index (χ1v) is 10.2. The molecule has 5 nitrogen and oxygen atoms in total. The molecular weight excluding hydrogens is 346 g/mol. The minimum absolute atomic E-state index is 0.0687. The SMILES string of the molecule is CC1(C)SC[C@@H](C(=O)NCC(C)(C)N2CCc3ccccc3C2)NC1=O.